The van der Waals surface area contributed by atoms with Gasteiger partial charge in [-0.25, -0.2) is 9.97 Å². The number of thiazole rings is 1. The zero-order valence-corrected chi connectivity index (χ0v) is 14.7. The molecule has 4 rings (SSSR count). The standard InChI is InChI=1S/C17H11BrN4OS/c18-13-3-1-2-11(8-13)14-10-24-17(20-14)21-16(23)12-4-5-15-19-6-7-22(15)9-12/h1-10H,(H,20,21,23). The second kappa shape index (κ2) is 6.18. The van der Waals surface area contributed by atoms with Crippen molar-refractivity contribution in [3.8, 4) is 11.3 Å². The molecule has 24 heavy (non-hydrogen) atoms. The van der Waals surface area contributed by atoms with Gasteiger partial charge in [0, 0.05) is 34.0 Å². The van der Waals surface area contributed by atoms with E-state index >= 15 is 0 Å². The summed E-state index contributed by atoms with van der Waals surface area (Å²) in [5.74, 6) is -0.194. The van der Waals surface area contributed by atoms with Gasteiger partial charge in [0.25, 0.3) is 5.91 Å². The van der Waals surface area contributed by atoms with Crippen molar-refractivity contribution in [1.29, 1.82) is 0 Å². The molecule has 4 aromatic rings. The summed E-state index contributed by atoms with van der Waals surface area (Å²) >= 11 is 4.85. The van der Waals surface area contributed by atoms with Crippen LogP contribution in [0.2, 0.25) is 0 Å². The fraction of sp³-hybridized carbons (Fsp3) is 0. The normalized spacial score (nSPS) is 10.9. The van der Waals surface area contributed by atoms with E-state index in [0.29, 0.717) is 10.7 Å². The summed E-state index contributed by atoms with van der Waals surface area (Å²) in [5, 5.41) is 5.34. The number of rotatable bonds is 3. The smallest absolute Gasteiger partial charge is 0.258 e. The van der Waals surface area contributed by atoms with Gasteiger partial charge in [-0.2, -0.15) is 0 Å². The maximum atomic E-state index is 12.4. The Labute approximate surface area is 150 Å². The Bertz CT molecular complexity index is 1040. The Morgan fingerprint density at radius 3 is 3.04 bits per heavy atom. The molecule has 0 saturated heterocycles. The molecular formula is C17H11BrN4OS. The van der Waals surface area contributed by atoms with Crippen LogP contribution in [0.5, 0.6) is 0 Å². The second-order valence-electron chi connectivity index (χ2n) is 5.11. The van der Waals surface area contributed by atoms with Crippen LogP contribution in [0.15, 0.2) is 64.8 Å². The van der Waals surface area contributed by atoms with Crippen LogP contribution in [0.1, 0.15) is 10.4 Å². The number of nitrogens with zero attached hydrogens (tertiary/aromatic N) is 3. The predicted molar refractivity (Wildman–Crippen MR) is 98.4 cm³/mol. The van der Waals surface area contributed by atoms with E-state index in [4.69, 9.17) is 0 Å². The highest BCUT2D eigenvalue weighted by molar-refractivity contribution is 9.10. The van der Waals surface area contributed by atoms with E-state index < -0.39 is 0 Å². The molecule has 0 fully saturated rings. The summed E-state index contributed by atoms with van der Waals surface area (Å²) in [6, 6.07) is 11.5. The van der Waals surface area contributed by atoms with Gasteiger partial charge in [0.1, 0.15) is 5.65 Å². The van der Waals surface area contributed by atoms with Gasteiger partial charge >= 0.3 is 0 Å². The fourth-order valence-corrected chi connectivity index (χ4v) is 3.45. The van der Waals surface area contributed by atoms with Gasteiger partial charge in [-0.3, -0.25) is 10.1 Å². The van der Waals surface area contributed by atoms with Gasteiger partial charge in [0.15, 0.2) is 5.13 Å². The first-order valence-electron chi connectivity index (χ1n) is 7.14. The number of amides is 1. The quantitative estimate of drug-likeness (QED) is 0.553. The van der Waals surface area contributed by atoms with Crippen LogP contribution < -0.4 is 5.32 Å². The highest BCUT2D eigenvalue weighted by atomic mass is 79.9. The summed E-state index contributed by atoms with van der Waals surface area (Å²) in [6.07, 6.45) is 5.25. The van der Waals surface area contributed by atoms with Crippen molar-refractivity contribution in [3.63, 3.8) is 0 Å². The van der Waals surface area contributed by atoms with Crippen molar-refractivity contribution in [2.75, 3.05) is 5.32 Å². The molecule has 118 valence electrons. The van der Waals surface area contributed by atoms with E-state index in [-0.39, 0.29) is 5.91 Å². The predicted octanol–water partition coefficient (Wildman–Crippen LogP) is 4.47. The summed E-state index contributed by atoms with van der Waals surface area (Å²) in [7, 11) is 0. The van der Waals surface area contributed by atoms with Crippen LogP contribution in [0.4, 0.5) is 5.13 Å². The van der Waals surface area contributed by atoms with Crippen LogP contribution in [0.3, 0.4) is 0 Å². The third-order valence-corrected chi connectivity index (χ3v) is 4.75. The minimum absolute atomic E-state index is 0.194. The minimum atomic E-state index is -0.194. The topological polar surface area (TPSA) is 59.3 Å². The van der Waals surface area contributed by atoms with Crippen LogP contribution in [0, 0.1) is 0 Å². The van der Waals surface area contributed by atoms with Crippen molar-refractivity contribution < 1.29 is 4.79 Å². The number of anilines is 1. The van der Waals surface area contributed by atoms with Crippen molar-refractivity contribution >= 4 is 44.0 Å². The van der Waals surface area contributed by atoms with E-state index in [2.05, 4.69) is 31.2 Å². The molecule has 0 aliphatic carbocycles. The third-order valence-electron chi connectivity index (χ3n) is 3.50. The molecule has 3 aromatic heterocycles. The van der Waals surface area contributed by atoms with E-state index in [1.165, 1.54) is 11.3 Å². The van der Waals surface area contributed by atoms with Crippen LogP contribution in [-0.2, 0) is 0 Å². The summed E-state index contributed by atoms with van der Waals surface area (Å²) in [6.45, 7) is 0. The van der Waals surface area contributed by atoms with Crippen LogP contribution >= 0.6 is 27.3 Å². The highest BCUT2D eigenvalue weighted by Crippen LogP contribution is 2.27. The number of pyridine rings is 1. The lowest BCUT2D eigenvalue weighted by atomic mass is 10.2. The second-order valence-corrected chi connectivity index (χ2v) is 6.89. The van der Waals surface area contributed by atoms with Crippen molar-refractivity contribution in [2.45, 2.75) is 0 Å². The fourth-order valence-electron chi connectivity index (χ4n) is 2.34. The molecule has 0 saturated carbocycles. The molecule has 0 aliphatic heterocycles. The zero-order chi connectivity index (χ0) is 16.5. The van der Waals surface area contributed by atoms with Gasteiger partial charge < -0.3 is 4.40 Å². The lowest BCUT2D eigenvalue weighted by molar-refractivity contribution is 0.102. The zero-order valence-electron chi connectivity index (χ0n) is 12.3. The number of hydrogen-bond acceptors (Lipinski definition) is 4. The average Bonchev–Trinajstić information content (AvgIpc) is 3.23. The number of benzene rings is 1. The van der Waals surface area contributed by atoms with Crippen LogP contribution in [-0.4, -0.2) is 20.3 Å². The molecular weight excluding hydrogens is 388 g/mol. The molecule has 0 aliphatic rings. The lowest BCUT2D eigenvalue weighted by Crippen LogP contribution is -2.12. The lowest BCUT2D eigenvalue weighted by Gasteiger charge is -2.02. The van der Waals surface area contributed by atoms with E-state index in [0.717, 1.165) is 21.4 Å². The van der Waals surface area contributed by atoms with Crippen LogP contribution in [0.25, 0.3) is 16.9 Å². The van der Waals surface area contributed by atoms with Crippen molar-refractivity contribution in [2.24, 2.45) is 0 Å². The SMILES string of the molecule is O=C(Nc1nc(-c2cccc(Br)c2)cs1)c1ccc2nccn2c1. The number of carbonyl (C=O) groups excluding carboxylic acids is 1. The summed E-state index contributed by atoms with van der Waals surface area (Å²) in [5.41, 5.74) is 3.19. The van der Waals surface area contributed by atoms with Gasteiger partial charge in [-0.15, -0.1) is 11.3 Å². The Balaban J connectivity index is 1.56. The molecule has 1 aromatic carbocycles. The third kappa shape index (κ3) is 2.95. The Kier molecular flexibility index (Phi) is 3.87. The molecule has 0 atom stereocenters. The molecule has 0 unspecified atom stereocenters. The van der Waals surface area contributed by atoms with Gasteiger partial charge in [0.05, 0.1) is 11.3 Å². The number of carbonyl (C=O) groups is 1. The maximum absolute atomic E-state index is 12.4. The maximum Gasteiger partial charge on any atom is 0.258 e. The average molecular weight is 399 g/mol. The number of imidazole rings is 1. The molecule has 0 spiro atoms. The Hall–Kier alpha value is -2.51. The molecule has 0 bridgehead atoms. The van der Waals surface area contributed by atoms with E-state index in [9.17, 15) is 4.79 Å². The number of halogens is 1. The first kappa shape index (κ1) is 15.0. The summed E-state index contributed by atoms with van der Waals surface area (Å²) in [4.78, 5) is 21.0. The largest absolute Gasteiger partial charge is 0.306 e. The van der Waals surface area contributed by atoms with E-state index in [1.54, 1.807) is 24.7 Å². The first-order chi connectivity index (χ1) is 11.7. The van der Waals surface area contributed by atoms with Crippen molar-refractivity contribution in [3.05, 3.63) is 70.4 Å². The summed E-state index contributed by atoms with van der Waals surface area (Å²) < 4.78 is 2.80. The Morgan fingerprint density at radius 1 is 1.25 bits per heavy atom. The number of hydrogen-bond donors (Lipinski definition) is 1. The monoisotopic (exact) mass is 398 g/mol. The molecule has 5 nitrogen and oxygen atoms in total. The molecule has 1 N–H and O–H groups in total. The van der Waals surface area contributed by atoms with Gasteiger partial charge in [-0.05, 0) is 24.3 Å². The molecule has 7 heteroatoms. The van der Waals surface area contributed by atoms with Gasteiger partial charge in [-0.1, -0.05) is 28.1 Å². The number of nitrogens with one attached hydrogen (secondary N) is 1. The Morgan fingerprint density at radius 2 is 2.17 bits per heavy atom. The number of fused-ring (bicyclic) bond motifs is 1. The van der Waals surface area contributed by atoms with Crippen molar-refractivity contribution in [1.82, 2.24) is 14.4 Å². The van der Waals surface area contributed by atoms with Gasteiger partial charge in [0.2, 0.25) is 0 Å². The van der Waals surface area contributed by atoms with E-state index in [1.807, 2.05) is 40.1 Å². The number of aromatic nitrogens is 3. The first-order valence-corrected chi connectivity index (χ1v) is 8.82. The minimum Gasteiger partial charge on any atom is -0.306 e. The molecule has 1 amide bonds. The highest BCUT2D eigenvalue weighted by Gasteiger charge is 2.11. The molecule has 0 radical (unpaired) electrons. The molecule has 3 heterocycles.